The predicted molar refractivity (Wildman–Crippen MR) is 81.8 cm³/mol. The Morgan fingerprint density at radius 3 is 2.45 bits per heavy atom. The first-order chi connectivity index (χ1) is 9.47. The third kappa shape index (κ3) is 7.14. The smallest absolute Gasteiger partial charge is 0.221 e. The van der Waals surface area contributed by atoms with Gasteiger partial charge in [0, 0.05) is 25.0 Å². The van der Waals surface area contributed by atoms with Crippen molar-refractivity contribution in [2.75, 3.05) is 6.54 Å². The van der Waals surface area contributed by atoms with Gasteiger partial charge < -0.3 is 15.7 Å². The fourth-order valence-corrected chi connectivity index (χ4v) is 1.97. The first-order valence-electron chi connectivity index (χ1n) is 7.28. The second kappa shape index (κ2) is 8.59. The quantitative estimate of drug-likeness (QED) is 0.683. The molecule has 1 amide bonds. The van der Waals surface area contributed by atoms with Crippen LogP contribution >= 0.6 is 0 Å². The van der Waals surface area contributed by atoms with Gasteiger partial charge in [-0.3, -0.25) is 4.79 Å². The van der Waals surface area contributed by atoms with Gasteiger partial charge in [0.2, 0.25) is 5.91 Å². The van der Waals surface area contributed by atoms with E-state index in [0.29, 0.717) is 24.8 Å². The zero-order valence-electron chi connectivity index (χ0n) is 12.6. The van der Waals surface area contributed by atoms with Crippen LogP contribution in [0.15, 0.2) is 24.3 Å². The molecule has 1 aromatic rings. The maximum atomic E-state index is 11.5. The van der Waals surface area contributed by atoms with E-state index in [2.05, 4.69) is 17.6 Å². The van der Waals surface area contributed by atoms with E-state index in [1.54, 1.807) is 12.1 Å². The van der Waals surface area contributed by atoms with Gasteiger partial charge in [-0.1, -0.05) is 12.1 Å². The topological polar surface area (TPSA) is 61.4 Å². The number of aryl methyl sites for hydroxylation is 1. The Labute approximate surface area is 121 Å². The molecule has 0 spiro atoms. The van der Waals surface area contributed by atoms with Crippen LogP contribution in [0.2, 0.25) is 0 Å². The van der Waals surface area contributed by atoms with Crippen LogP contribution in [0, 0.1) is 0 Å². The lowest BCUT2D eigenvalue weighted by Gasteiger charge is -2.14. The summed E-state index contributed by atoms with van der Waals surface area (Å²) in [6.07, 6.45) is 2.49. The van der Waals surface area contributed by atoms with E-state index in [1.165, 1.54) is 5.56 Å². The molecule has 20 heavy (non-hydrogen) atoms. The molecule has 0 saturated carbocycles. The maximum Gasteiger partial charge on any atom is 0.221 e. The number of phenolic OH excluding ortho intramolecular Hbond substituents is 1. The summed E-state index contributed by atoms with van der Waals surface area (Å²) < 4.78 is 0. The van der Waals surface area contributed by atoms with Crippen molar-refractivity contribution in [3.05, 3.63) is 29.8 Å². The van der Waals surface area contributed by atoms with Crippen molar-refractivity contribution in [1.29, 1.82) is 0 Å². The van der Waals surface area contributed by atoms with Crippen molar-refractivity contribution in [1.82, 2.24) is 10.6 Å². The van der Waals surface area contributed by atoms with Gasteiger partial charge >= 0.3 is 0 Å². The van der Waals surface area contributed by atoms with E-state index in [0.717, 1.165) is 12.8 Å². The number of rotatable bonds is 8. The summed E-state index contributed by atoms with van der Waals surface area (Å²) in [6, 6.07) is 7.88. The monoisotopic (exact) mass is 278 g/mol. The van der Waals surface area contributed by atoms with Crippen LogP contribution < -0.4 is 10.6 Å². The van der Waals surface area contributed by atoms with Gasteiger partial charge in [0.15, 0.2) is 0 Å². The van der Waals surface area contributed by atoms with Crippen LogP contribution in [-0.4, -0.2) is 29.6 Å². The Morgan fingerprint density at radius 2 is 1.85 bits per heavy atom. The minimum Gasteiger partial charge on any atom is -0.508 e. The number of amides is 1. The molecular weight excluding hydrogens is 252 g/mol. The Balaban J connectivity index is 2.15. The van der Waals surface area contributed by atoms with E-state index in [-0.39, 0.29) is 11.9 Å². The predicted octanol–water partition coefficient (Wildman–Crippen LogP) is 2.22. The van der Waals surface area contributed by atoms with Crippen molar-refractivity contribution >= 4 is 5.91 Å². The van der Waals surface area contributed by atoms with Gasteiger partial charge in [0.1, 0.15) is 5.75 Å². The molecule has 3 N–H and O–H groups in total. The molecule has 4 heteroatoms. The minimum absolute atomic E-state index is 0.0956. The highest BCUT2D eigenvalue weighted by atomic mass is 16.3. The molecule has 1 rings (SSSR count). The van der Waals surface area contributed by atoms with Crippen molar-refractivity contribution in [3.8, 4) is 5.75 Å². The van der Waals surface area contributed by atoms with E-state index >= 15 is 0 Å². The van der Waals surface area contributed by atoms with Crippen LogP contribution in [0.1, 0.15) is 39.2 Å². The largest absolute Gasteiger partial charge is 0.508 e. The molecule has 112 valence electrons. The van der Waals surface area contributed by atoms with E-state index in [1.807, 2.05) is 26.0 Å². The summed E-state index contributed by atoms with van der Waals surface area (Å²) in [4.78, 5) is 11.5. The van der Waals surface area contributed by atoms with Crippen LogP contribution in [0.4, 0.5) is 0 Å². The lowest BCUT2D eigenvalue weighted by Crippen LogP contribution is -2.34. The summed E-state index contributed by atoms with van der Waals surface area (Å²) in [5.41, 5.74) is 1.22. The number of aromatic hydroxyl groups is 1. The van der Waals surface area contributed by atoms with Gasteiger partial charge in [0.05, 0.1) is 0 Å². The molecule has 0 radical (unpaired) electrons. The van der Waals surface area contributed by atoms with Crippen LogP contribution in [0.5, 0.6) is 5.75 Å². The molecule has 0 bridgehead atoms. The van der Waals surface area contributed by atoms with Crippen molar-refractivity contribution in [2.24, 2.45) is 0 Å². The van der Waals surface area contributed by atoms with Crippen molar-refractivity contribution in [2.45, 2.75) is 52.1 Å². The number of nitrogens with one attached hydrogen (secondary N) is 2. The molecule has 4 nitrogen and oxygen atoms in total. The number of hydrogen-bond donors (Lipinski definition) is 3. The number of phenols is 1. The normalized spacial score (nSPS) is 12.4. The first-order valence-corrected chi connectivity index (χ1v) is 7.28. The van der Waals surface area contributed by atoms with Gasteiger partial charge in [0.25, 0.3) is 0 Å². The zero-order valence-corrected chi connectivity index (χ0v) is 12.6. The van der Waals surface area contributed by atoms with E-state index in [9.17, 15) is 9.90 Å². The lowest BCUT2D eigenvalue weighted by atomic mass is 10.1. The Morgan fingerprint density at radius 1 is 1.20 bits per heavy atom. The van der Waals surface area contributed by atoms with Gasteiger partial charge in [-0.25, -0.2) is 0 Å². The number of carbonyl (C=O) groups excluding carboxylic acids is 1. The molecule has 0 aliphatic carbocycles. The molecule has 1 aromatic carbocycles. The van der Waals surface area contributed by atoms with Crippen LogP contribution in [0.25, 0.3) is 0 Å². The molecule has 1 atom stereocenters. The Kier molecular flexibility index (Phi) is 7.09. The summed E-state index contributed by atoms with van der Waals surface area (Å²) >= 11 is 0. The third-order valence-corrected chi connectivity index (χ3v) is 3.10. The van der Waals surface area contributed by atoms with Crippen LogP contribution in [-0.2, 0) is 11.2 Å². The molecular formula is C16H26N2O2. The zero-order chi connectivity index (χ0) is 15.0. The lowest BCUT2D eigenvalue weighted by molar-refractivity contribution is -0.121. The second-order valence-corrected chi connectivity index (χ2v) is 5.53. The molecule has 0 aromatic heterocycles. The van der Waals surface area contributed by atoms with Crippen LogP contribution in [0.3, 0.4) is 0 Å². The molecule has 1 unspecified atom stereocenters. The highest BCUT2D eigenvalue weighted by Gasteiger charge is 2.05. The summed E-state index contributed by atoms with van der Waals surface area (Å²) in [5, 5.41) is 15.4. The molecule has 0 saturated heterocycles. The second-order valence-electron chi connectivity index (χ2n) is 5.53. The summed E-state index contributed by atoms with van der Waals surface area (Å²) in [7, 11) is 0. The molecule has 0 aliphatic rings. The van der Waals surface area contributed by atoms with Gasteiger partial charge in [-0.2, -0.15) is 0 Å². The average molecular weight is 278 g/mol. The molecule has 0 heterocycles. The fourth-order valence-electron chi connectivity index (χ4n) is 1.97. The first kappa shape index (κ1) is 16.5. The maximum absolute atomic E-state index is 11.5. The Hall–Kier alpha value is -1.55. The highest BCUT2D eigenvalue weighted by molar-refractivity contribution is 5.76. The van der Waals surface area contributed by atoms with Gasteiger partial charge in [-0.15, -0.1) is 0 Å². The highest BCUT2D eigenvalue weighted by Crippen LogP contribution is 2.11. The standard InChI is InChI=1S/C16H26N2O2/c1-12(2)18-16(20)10-11-17-13(3)4-5-14-6-8-15(19)9-7-14/h6-9,12-13,17,19H,4-5,10-11H2,1-3H3,(H,18,20). The van der Waals surface area contributed by atoms with Gasteiger partial charge in [-0.05, 0) is 51.3 Å². The summed E-state index contributed by atoms with van der Waals surface area (Å²) in [5.74, 6) is 0.398. The number of hydrogen-bond acceptors (Lipinski definition) is 3. The van der Waals surface area contributed by atoms with Crippen molar-refractivity contribution < 1.29 is 9.90 Å². The fraction of sp³-hybridized carbons (Fsp3) is 0.562. The van der Waals surface area contributed by atoms with E-state index in [4.69, 9.17) is 0 Å². The summed E-state index contributed by atoms with van der Waals surface area (Å²) in [6.45, 7) is 6.76. The number of benzene rings is 1. The SMILES string of the molecule is CC(C)NC(=O)CCNC(C)CCc1ccc(O)cc1. The minimum atomic E-state index is 0.0956. The Bertz CT molecular complexity index is 401. The number of carbonyl (C=O) groups is 1. The molecule has 0 fully saturated rings. The van der Waals surface area contributed by atoms with E-state index < -0.39 is 0 Å². The average Bonchev–Trinajstić information content (AvgIpc) is 2.37. The molecule has 0 aliphatic heterocycles. The van der Waals surface area contributed by atoms with Crippen molar-refractivity contribution in [3.63, 3.8) is 0 Å². The third-order valence-electron chi connectivity index (χ3n) is 3.10.